The average molecular weight is 640 g/mol. The summed E-state index contributed by atoms with van der Waals surface area (Å²) in [5.41, 5.74) is -2.16. The predicted molar refractivity (Wildman–Crippen MR) is 146 cm³/mol. The van der Waals surface area contributed by atoms with Crippen molar-refractivity contribution in [2.24, 2.45) is 5.92 Å². The zero-order chi connectivity index (χ0) is 33.3. The van der Waals surface area contributed by atoms with E-state index in [2.05, 4.69) is 9.72 Å². The highest BCUT2D eigenvalue weighted by molar-refractivity contribution is 5.94. The topological polar surface area (TPSA) is 79.8 Å². The number of amides is 2. The summed E-state index contributed by atoms with van der Waals surface area (Å²) < 4.78 is 99.0. The summed E-state index contributed by atoms with van der Waals surface area (Å²) >= 11 is 0. The molecule has 2 unspecified atom stereocenters. The molecule has 0 saturated carbocycles. The third-order valence-electron chi connectivity index (χ3n) is 7.70. The molecule has 2 atom stereocenters. The molecule has 240 valence electrons. The number of benzene rings is 2. The summed E-state index contributed by atoms with van der Waals surface area (Å²) in [5.74, 6) is -3.77. The molecule has 45 heavy (non-hydrogen) atoms. The van der Waals surface area contributed by atoms with Gasteiger partial charge in [0.2, 0.25) is 5.91 Å². The second-order valence-corrected chi connectivity index (χ2v) is 10.8. The van der Waals surface area contributed by atoms with Crippen LogP contribution >= 0.6 is 0 Å². The summed E-state index contributed by atoms with van der Waals surface area (Å²) in [7, 11) is 2.47. The van der Waals surface area contributed by atoms with Gasteiger partial charge in [0.1, 0.15) is 11.5 Å². The number of aryl methyl sites for hydroxylation is 1. The van der Waals surface area contributed by atoms with Crippen LogP contribution in [0.5, 0.6) is 0 Å². The van der Waals surface area contributed by atoms with Gasteiger partial charge in [-0.25, -0.2) is 9.18 Å². The Labute approximate surface area is 253 Å². The largest absolute Gasteiger partial charge is 0.465 e. The molecule has 3 aromatic rings. The number of methoxy groups -OCH3 is 1. The van der Waals surface area contributed by atoms with E-state index in [1.54, 1.807) is 6.92 Å². The molecule has 0 N–H and O–H groups in total. The van der Waals surface area contributed by atoms with E-state index >= 15 is 0 Å². The van der Waals surface area contributed by atoms with Crippen LogP contribution in [0, 0.1) is 18.7 Å². The van der Waals surface area contributed by atoms with Crippen molar-refractivity contribution in [3.63, 3.8) is 0 Å². The Balaban J connectivity index is 1.62. The van der Waals surface area contributed by atoms with E-state index in [-0.39, 0.29) is 42.4 Å². The van der Waals surface area contributed by atoms with Gasteiger partial charge in [0.15, 0.2) is 0 Å². The number of carbonyl (C=O) groups is 3. The van der Waals surface area contributed by atoms with Crippen LogP contribution in [0.15, 0.2) is 54.7 Å². The van der Waals surface area contributed by atoms with Crippen LogP contribution in [0.3, 0.4) is 0 Å². The first-order valence-corrected chi connectivity index (χ1v) is 13.6. The lowest BCUT2D eigenvalue weighted by molar-refractivity contribution is -0.143. The second kappa shape index (κ2) is 12.9. The molecule has 2 aromatic carbocycles. The van der Waals surface area contributed by atoms with Gasteiger partial charge in [-0.15, -0.1) is 0 Å². The van der Waals surface area contributed by atoms with E-state index < -0.39 is 65.5 Å². The third kappa shape index (κ3) is 7.60. The molecule has 2 amide bonds. The van der Waals surface area contributed by atoms with E-state index in [1.165, 1.54) is 55.6 Å². The Hall–Kier alpha value is -4.49. The van der Waals surface area contributed by atoms with E-state index in [0.717, 1.165) is 4.90 Å². The van der Waals surface area contributed by atoms with Gasteiger partial charge in [-0.1, -0.05) is 6.07 Å². The number of hydrogen-bond donors (Lipinski definition) is 0. The Kier molecular flexibility index (Phi) is 9.54. The summed E-state index contributed by atoms with van der Waals surface area (Å²) in [5, 5.41) is 0. The summed E-state index contributed by atoms with van der Waals surface area (Å²) in [6, 6.07) is 7.82. The average Bonchev–Trinajstić information content (AvgIpc) is 2.98. The number of piperidine rings is 1. The van der Waals surface area contributed by atoms with Gasteiger partial charge in [-0.3, -0.25) is 14.6 Å². The van der Waals surface area contributed by atoms with Crippen molar-refractivity contribution in [1.29, 1.82) is 0 Å². The molecule has 1 aromatic heterocycles. The van der Waals surface area contributed by atoms with Crippen LogP contribution in [-0.2, 0) is 28.4 Å². The van der Waals surface area contributed by atoms with Crippen LogP contribution in [-0.4, -0.2) is 59.8 Å². The Bertz CT molecular complexity index is 1560. The van der Waals surface area contributed by atoms with Crippen LogP contribution in [0.2, 0.25) is 0 Å². The van der Waals surface area contributed by atoms with Crippen molar-refractivity contribution in [3.05, 3.63) is 99.6 Å². The molecule has 2 heterocycles. The number of likely N-dealkylation sites (tertiary alicyclic amines) is 1. The zero-order valence-electron chi connectivity index (χ0n) is 24.3. The molecule has 0 radical (unpaired) electrons. The molecule has 1 fully saturated rings. The van der Waals surface area contributed by atoms with Gasteiger partial charge in [0.05, 0.1) is 23.8 Å². The number of halogens is 7. The number of rotatable bonds is 6. The normalized spacial score (nSPS) is 17.2. The number of carbonyl (C=O) groups excluding carboxylic acids is 3. The van der Waals surface area contributed by atoms with E-state index in [9.17, 15) is 45.1 Å². The van der Waals surface area contributed by atoms with Gasteiger partial charge in [-0.2, -0.15) is 26.3 Å². The van der Waals surface area contributed by atoms with Crippen molar-refractivity contribution in [3.8, 4) is 0 Å². The van der Waals surface area contributed by atoms with Gasteiger partial charge >= 0.3 is 18.3 Å². The molecule has 1 aliphatic heterocycles. The summed E-state index contributed by atoms with van der Waals surface area (Å²) in [4.78, 5) is 45.4. The van der Waals surface area contributed by atoms with E-state index in [4.69, 9.17) is 0 Å². The van der Waals surface area contributed by atoms with E-state index in [0.29, 0.717) is 23.3 Å². The number of nitrogens with zero attached hydrogens (tertiary/aromatic N) is 3. The van der Waals surface area contributed by atoms with Crippen molar-refractivity contribution in [2.45, 2.75) is 38.2 Å². The Morgan fingerprint density at radius 2 is 1.62 bits per heavy atom. The molecule has 0 spiro atoms. The number of hydrogen-bond acceptors (Lipinski definition) is 5. The van der Waals surface area contributed by atoms with Gasteiger partial charge in [0.25, 0.3) is 5.91 Å². The quantitative estimate of drug-likeness (QED) is 0.235. The van der Waals surface area contributed by atoms with Crippen molar-refractivity contribution in [2.75, 3.05) is 27.2 Å². The van der Waals surface area contributed by atoms with Crippen LogP contribution in [0.4, 0.5) is 30.7 Å². The van der Waals surface area contributed by atoms with Crippen molar-refractivity contribution < 1.29 is 49.9 Å². The monoisotopic (exact) mass is 639 g/mol. The van der Waals surface area contributed by atoms with Gasteiger partial charge in [0, 0.05) is 44.7 Å². The lowest BCUT2D eigenvalue weighted by Crippen LogP contribution is -2.48. The Morgan fingerprint density at radius 1 is 0.978 bits per heavy atom. The lowest BCUT2D eigenvalue weighted by Gasteiger charge is -2.40. The zero-order valence-corrected chi connectivity index (χ0v) is 24.3. The molecular formula is C31H28F7N3O4. The van der Waals surface area contributed by atoms with E-state index in [1.807, 2.05) is 0 Å². The van der Waals surface area contributed by atoms with Crippen LogP contribution in [0.1, 0.15) is 61.0 Å². The fourth-order valence-corrected chi connectivity index (χ4v) is 5.47. The van der Waals surface area contributed by atoms with Crippen molar-refractivity contribution >= 4 is 17.8 Å². The molecule has 4 rings (SSSR count). The van der Waals surface area contributed by atoms with Crippen LogP contribution < -0.4 is 0 Å². The lowest BCUT2D eigenvalue weighted by atomic mass is 9.78. The number of aromatic nitrogens is 1. The van der Waals surface area contributed by atoms with Crippen LogP contribution in [0.25, 0.3) is 0 Å². The minimum atomic E-state index is -5.04. The number of esters is 1. The first kappa shape index (κ1) is 33.4. The smallest absolute Gasteiger partial charge is 0.416 e. The standard InChI is InChI=1S/C31H28F7N3O4/c1-17-10-22(32)5-6-23(17)25-16-41(28(43)26-7-4-19(14-39-26)29(44)45-3)9-8-24(25)27(42)40(2)15-18-11-20(30(33,34)35)13-21(12-18)31(36,37)38/h4-7,10-14,24-25H,8-9,15-16H2,1-3H3. The molecule has 7 nitrogen and oxygen atoms in total. The third-order valence-corrected chi connectivity index (χ3v) is 7.70. The van der Waals surface area contributed by atoms with Gasteiger partial charge < -0.3 is 14.5 Å². The molecule has 14 heteroatoms. The molecule has 0 bridgehead atoms. The summed E-state index contributed by atoms with van der Waals surface area (Å²) in [6.45, 7) is 1.13. The molecule has 1 saturated heterocycles. The fraction of sp³-hybridized carbons (Fsp3) is 0.355. The predicted octanol–water partition coefficient (Wildman–Crippen LogP) is 6.26. The SMILES string of the molecule is COC(=O)c1ccc(C(=O)N2CCC(C(=O)N(C)Cc3cc(C(F)(F)F)cc(C(F)(F)F)c3)C(c3ccc(F)cc3C)C2)nc1. The molecular weight excluding hydrogens is 611 g/mol. The Morgan fingerprint density at radius 3 is 2.16 bits per heavy atom. The maximum absolute atomic E-state index is 14.0. The fourth-order valence-electron chi connectivity index (χ4n) is 5.47. The molecule has 1 aliphatic rings. The van der Waals surface area contributed by atoms with Crippen molar-refractivity contribution in [1.82, 2.24) is 14.8 Å². The minimum absolute atomic E-state index is 0.0161. The highest BCUT2D eigenvalue weighted by Crippen LogP contribution is 2.38. The number of pyridine rings is 1. The second-order valence-electron chi connectivity index (χ2n) is 10.8. The first-order valence-electron chi connectivity index (χ1n) is 13.6. The maximum atomic E-state index is 14.0. The highest BCUT2D eigenvalue weighted by Gasteiger charge is 2.40. The summed E-state index contributed by atoms with van der Waals surface area (Å²) in [6.07, 6.45) is -8.81. The number of alkyl halides is 6. The minimum Gasteiger partial charge on any atom is -0.465 e. The molecule has 0 aliphatic carbocycles. The van der Waals surface area contributed by atoms with Gasteiger partial charge in [-0.05, 0) is 72.5 Å². The highest BCUT2D eigenvalue weighted by atomic mass is 19.4. The number of ether oxygens (including phenoxy) is 1. The maximum Gasteiger partial charge on any atom is 0.416 e. The first-order chi connectivity index (χ1) is 21.0.